The van der Waals surface area contributed by atoms with Gasteiger partial charge in [-0.05, 0) is 44.2 Å². The van der Waals surface area contributed by atoms with Gasteiger partial charge in [-0.3, -0.25) is 4.79 Å². The van der Waals surface area contributed by atoms with Crippen molar-refractivity contribution in [1.82, 2.24) is 9.88 Å². The molecule has 2 aliphatic rings. The first kappa shape index (κ1) is 18.8. The Balaban J connectivity index is 1.59. The van der Waals surface area contributed by atoms with Crippen molar-refractivity contribution >= 4 is 28.4 Å². The number of fused-ring (bicyclic) bond motifs is 1. The SMILES string of the molecule is CC(O)(CNC(=O)c1cn(C2CCOC2)c2cccc(Cl)c12)C1CCCC1. The standard InChI is InChI=1S/C21H27ClN2O3/c1-21(26,14-5-2-3-6-14)13-23-20(25)16-11-24(15-9-10-27-12-15)18-8-4-7-17(22)19(16)18/h4,7-8,11,14-15,26H,2-3,5-6,9-10,12-13H2,1H3,(H,23,25). The number of amides is 1. The number of carbonyl (C=O) groups excluding carboxylic acids is 1. The fourth-order valence-electron chi connectivity index (χ4n) is 4.53. The zero-order valence-corrected chi connectivity index (χ0v) is 16.5. The van der Waals surface area contributed by atoms with Crippen LogP contribution in [0.1, 0.15) is 55.4 Å². The van der Waals surface area contributed by atoms with Crippen molar-refractivity contribution in [3.63, 3.8) is 0 Å². The number of rotatable bonds is 5. The topological polar surface area (TPSA) is 63.5 Å². The zero-order chi connectivity index (χ0) is 19.0. The molecule has 1 saturated heterocycles. The molecule has 2 heterocycles. The Hall–Kier alpha value is -1.56. The maximum Gasteiger partial charge on any atom is 0.253 e. The Bertz CT molecular complexity index is 833. The molecule has 0 radical (unpaired) electrons. The Morgan fingerprint density at radius 1 is 1.37 bits per heavy atom. The molecule has 1 aromatic heterocycles. The van der Waals surface area contributed by atoms with E-state index in [-0.39, 0.29) is 24.4 Å². The van der Waals surface area contributed by atoms with Crippen LogP contribution < -0.4 is 5.32 Å². The predicted octanol–water partition coefficient (Wildman–Crippen LogP) is 3.93. The van der Waals surface area contributed by atoms with Crippen molar-refractivity contribution in [3.05, 3.63) is 35.0 Å². The molecule has 5 nitrogen and oxygen atoms in total. The molecule has 2 N–H and O–H groups in total. The van der Waals surface area contributed by atoms with Crippen molar-refractivity contribution in [2.24, 2.45) is 5.92 Å². The predicted molar refractivity (Wildman–Crippen MR) is 106 cm³/mol. The number of hydrogen-bond donors (Lipinski definition) is 2. The average molecular weight is 391 g/mol. The highest BCUT2D eigenvalue weighted by atomic mass is 35.5. The highest BCUT2D eigenvalue weighted by Gasteiger charge is 2.34. The molecule has 146 valence electrons. The van der Waals surface area contributed by atoms with Gasteiger partial charge >= 0.3 is 0 Å². The molecule has 0 spiro atoms. The molecule has 2 atom stereocenters. The van der Waals surface area contributed by atoms with E-state index in [1.807, 2.05) is 31.3 Å². The molecule has 1 aliphatic heterocycles. The normalized spacial score (nSPS) is 23.0. The lowest BCUT2D eigenvalue weighted by molar-refractivity contribution is 0.00286. The minimum Gasteiger partial charge on any atom is -0.388 e. The van der Waals surface area contributed by atoms with Crippen LogP contribution in [0.4, 0.5) is 0 Å². The number of nitrogens with zero attached hydrogens (tertiary/aromatic N) is 1. The summed E-state index contributed by atoms with van der Waals surface area (Å²) in [5.41, 5.74) is 0.628. The Morgan fingerprint density at radius 3 is 2.85 bits per heavy atom. The summed E-state index contributed by atoms with van der Waals surface area (Å²) in [4.78, 5) is 13.0. The van der Waals surface area contributed by atoms with Crippen LogP contribution in [0.5, 0.6) is 0 Å². The Kier molecular flexibility index (Phi) is 5.19. The largest absolute Gasteiger partial charge is 0.388 e. The molecule has 2 aromatic rings. The molecule has 6 heteroatoms. The van der Waals surface area contributed by atoms with Gasteiger partial charge in [0, 0.05) is 24.7 Å². The molecule has 0 bridgehead atoms. The quantitative estimate of drug-likeness (QED) is 0.813. The number of aromatic nitrogens is 1. The molecule has 27 heavy (non-hydrogen) atoms. The number of nitrogens with one attached hydrogen (secondary N) is 1. The molecule has 2 fully saturated rings. The first-order valence-corrected chi connectivity index (χ1v) is 10.2. The van der Waals surface area contributed by atoms with E-state index in [2.05, 4.69) is 9.88 Å². The number of ether oxygens (including phenoxy) is 1. The third kappa shape index (κ3) is 3.60. The summed E-state index contributed by atoms with van der Waals surface area (Å²) in [7, 11) is 0. The van der Waals surface area contributed by atoms with Gasteiger partial charge in [-0.1, -0.05) is 30.5 Å². The summed E-state index contributed by atoms with van der Waals surface area (Å²) in [5.74, 6) is 0.0578. The van der Waals surface area contributed by atoms with E-state index in [0.717, 1.165) is 49.6 Å². The van der Waals surface area contributed by atoms with Gasteiger partial charge in [0.1, 0.15) is 0 Å². The molecular formula is C21H27ClN2O3. The average Bonchev–Trinajstić information content (AvgIpc) is 3.39. The number of hydrogen-bond acceptors (Lipinski definition) is 3. The van der Waals surface area contributed by atoms with Gasteiger partial charge < -0.3 is 19.7 Å². The maximum atomic E-state index is 13.0. The van der Waals surface area contributed by atoms with Crippen LogP contribution in [-0.4, -0.2) is 40.9 Å². The molecule has 1 aromatic carbocycles. The summed E-state index contributed by atoms with van der Waals surface area (Å²) >= 11 is 6.45. The first-order chi connectivity index (χ1) is 13.0. The van der Waals surface area contributed by atoms with Crippen molar-refractivity contribution in [2.75, 3.05) is 19.8 Å². The van der Waals surface area contributed by atoms with Crippen LogP contribution in [0.3, 0.4) is 0 Å². The van der Waals surface area contributed by atoms with Crippen molar-refractivity contribution in [2.45, 2.75) is 50.7 Å². The summed E-state index contributed by atoms with van der Waals surface area (Å²) in [6.45, 7) is 3.46. The van der Waals surface area contributed by atoms with Crippen LogP contribution >= 0.6 is 11.6 Å². The summed E-state index contributed by atoms with van der Waals surface area (Å²) in [5, 5.41) is 15.1. The highest BCUT2D eigenvalue weighted by Crippen LogP contribution is 2.35. The van der Waals surface area contributed by atoms with Gasteiger partial charge in [0.2, 0.25) is 0 Å². The highest BCUT2D eigenvalue weighted by molar-refractivity contribution is 6.36. The third-order valence-electron chi connectivity index (χ3n) is 6.19. The van der Waals surface area contributed by atoms with E-state index in [1.54, 1.807) is 0 Å². The molecule has 1 saturated carbocycles. The second-order valence-corrected chi connectivity index (χ2v) is 8.53. The van der Waals surface area contributed by atoms with Crippen LogP contribution in [-0.2, 0) is 4.74 Å². The minimum absolute atomic E-state index is 0.191. The summed E-state index contributed by atoms with van der Waals surface area (Å²) in [6.07, 6.45) is 7.16. The van der Waals surface area contributed by atoms with Crippen molar-refractivity contribution in [3.8, 4) is 0 Å². The molecule has 1 aliphatic carbocycles. The van der Waals surface area contributed by atoms with Gasteiger partial charge in [0.15, 0.2) is 0 Å². The van der Waals surface area contributed by atoms with Gasteiger partial charge in [0.05, 0.1) is 34.4 Å². The Labute approximate surface area is 164 Å². The smallest absolute Gasteiger partial charge is 0.253 e. The van der Waals surface area contributed by atoms with E-state index < -0.39 is 5.60 Å². The lowest BCUT2D eigenvalue weighted by Gasteiger charge is -2.30. The minimum atomic E-state index is -0.881. The van der Waals surface area contributed by atoms with E-state index in [9.17, 15) is 9.90 Å². The van der Waals surface area contributed by atoms with Gasteiger partial charge in [0.25, 0.3) is 5.91 Å². The van der Waals surface area contributed by atoms with Gasteiger partial charge in [-0.15, -0.1) is 0 Å². The number of benzene rings is 1. The van der Waals surface area contributed by atoms with E-state index in [0.29, 0.717) is 17.2 Å². The Morgan fingerprint density at radius 2 is 2.15 bits per heavy atom. The molecule has 2 unspecified atom stereocenters. The van der Waals surface area contributed by atoms with E-state index >= 15 is 0 Å². The van der Waals surface area contributed by atoms with E-state index in [1.165, 1.54) is 0 Å². The lowest BCUT2D eigenvalue weighted by atomic mass is 9.87. The fraction of sp³-hybridized carbons (Fsp3) is 0.571. The fourth-order valence-corrected chi connectivity index (χ4v) is 4.80. The summed E-state index contributed by atoms with van der Waals surface area (Å²) < 4.78 is 7.63. The maximum absolute atomic E-state index is 13.0. The van der Waals surface area contributed by atoms with Gasteiger partial charge in [-0.25, -0.2) is 0 Å². The summed E-state index contributed by atoms with van der Waals surface area (Å²) in [6, 6.07) is 5.92. The monoisotopic (exact) mass is 390 g/mol. The van der Waals surface area contributed by atoms with Crippen LogP contribution in [0.15, 0.2) is 24.4 Å². The molecular weight excluding hydrogens is 364 g/mol. The second kappa shape index (κ2) is 7.46. The zero-order valence-electron chi connectivity index (χ0n) is 15.7. The van der Waals surface area contributed by atoms with Crippen LogP contribution in [0, 0.1) is 5.92 Å². The number of aliphatic hydroxyl groups is 1. The molecule has 1 amide bonds. The van der Waals surface area contributed by atoms with Crippen molar-refractivity contribution in [1.29, 1.82) is 0 Å². The molecule has 4 rings (SSSR count). The first-order valence-electron chi connectivity index (χ1n) is 9.85. The lowest BCUT2D eigenvalue weighted by Crippen LogP contribution is -2.45. The second-order valence-electron chi connectivity index (χ2n) is 8.12. The van der Waals surface area contributed by atoms with Gasteiger partial charge in [-0.2, -0.15) is 0 Å². The number of carbonyl (C=O) groups is 1. The number of halogens is 1. The van der Waals surface area contributed by atoms with Crippen molar-refractivity contribution < 1.29 is 14.6 Å². The van der Waals surface area contributed by atoms with E-state index in [4.69, 9.17) is 16.3 Å². The third-order valence-corrected chi connectivity index (χ3v) is 6.51. The van der Waals surface area contributed by atoms with Crippen LogP contribution in [0.25, 0.3) is 10.9 Å². The van der Waals surface area contributed by atoms with Crippen LogP contribution in [0.2, 0.25) is 5.02 Å².